The van der Waals surface area contributed by atoms with Gasteiger partial charge in [0.05, 0.1) is 16.2 Å². The van der Waals surface area contributed by atoms with Gasteiger partial charge in [-0.25, -0.2) is 8.42 Å². The van der Waals surface area contributed by atoms with E-state index in [4.69, 9.17) is 11.6 Å². The molecular formula is C44H49ClF3N7O4S. The summed E-state index contributed by atoms with van der Waals surface area (Å²) in [6, 6.07) is 27.1. The monoisotopic (exact) mass is 863 g/mol. The molecule has 2 aliphatic heterocycles. The Morgan fingerprint density at radius 2 is 1.43 bits per heavy atom. The van der Waals surface area contributed by atoms with Crippen LogP contribution < -0.4 is 24.6 Å². The smallest absolute Gasteiger partial charge is 0.406 e. The maximum atomic E-state index is 14.1. The average Bonchev–Trinajstić information content (AvgIpc) is 3.49. The number of hydrogen-bond donors (Lipinski definition) is 2. The second-order valence-corrected chi connectivity index (χ2v) is 17.3. The molecule has 2 N–H and O–H groups in total. The van der Waals surface area contributed by atoms with E-state index in [0.717, 1.165) is 90.7 Å². The van der Waals surface area contributed by atoms with E-state index < -0.39 is 22.1 Å². The van der Waals surface area contributed by atoms with Crippen LogP contribution in [0.5, 0.6) is 5.75 Å². The molecule has 5 aromatic rings. The molecule has 7 rings (SSSR count). The third-order valence-electron chi connectivity index (χ3n) is 11.2. The predicted molar refractivity (Wildman–Crippen MR) is 232 cm³/mol. The lowest BCUT2D eigenvalue weighted by Crippen LogP contribution is -2.46. The van der Waals surface area contributed by atoms with Crippen LogP contribution in [0.15, 0.2) is 102 Å². The maximum Gasteiger partial charge on any atom is 0.573 e. The third kappa shape index (κ3) is 10.2. The first-order valence-electron chi connectivity index (χ1n) is 19.9. The Kier molecular flexibility index (Phi) is 13.0. The van der Waals surface area contributed by atoms with Crippen LogP contribution in [0.1, 0.15) is 22.5 Å². The molecule has 3 heterocycles. The number of alkyl halides is 3. The Labute approximate surface area is 354 Å². The van der Waals surface area contributed by atoms with Gasteiger partial charge in [-0.2, -0.15) is 0 Å². The standard InChI is InChI=1S/C44H49ClF3N7O4S/c1-31-40(43(56)49-19-6-20-53-23-21-51(2)22-24-53)41(42(52(31)3)32-11-13-34(45)14-12-32)33-7-4-8-37(29-33)55-27-25-54(26-28-55)36-17-15-35(16-18-36)50-60(57,58)39-10-5-9-38(30-39)59-44(46,47)48/h4-5,7-18,29-30,50H,6,19-28H2,1-3H3,(H,49,56). The molecule has 1 aromatic heterocycles. The molecule has 2 aliphatic rings. The number of likely N-dealkylation sites (N-methyl/N-ethyl adjacent to an activating group) is 1. The molecular weight excluding hydrogens is 815 g/mol. The zero-order valence-electron chi connectivity index (χ0n) is 33.8. The highest BCUT2D eigenvalue weighted by Gasteiger charge is 2.32. The van der Waals surface area contributed by atoms with Crippen molar-refractivity contribution in [3.05, 3.63) is 113 Å². The van der Waals surface area contributed by atoms with Crippen LogP contribution >= 0.6 is 11.6 Å². The van der Waals surface area contributed by atoms with Crippen molar-refractivity contribution >= 4 is 44.6 Å². The van der Waals surface area contributed by atoms with Crippen LogP contribution in [0, 0.1) is 6.92 Å². The van der Waals surface area contributed by atoms with E-state index in [1.807, 2.05) is 56.4 Å². The fourth-order valence-electron chi connectivity index (χ4n) is 7.85. The van der Waals surface area contributed by atoms with Gasteiger partial charge >= 0.3 is 6.36 Å². The fraction of sp³-hybridized carbons (Fsp3) is 0.341. The number of hydrogen-bond acceptors (Lipinski definition) is 8. The first kappa shape index (κ1) is 42.9. The largest absolute Gasteiger partial charge is 0.573 e. The van der Waals surface area contributed by atoms with Gasteiger partial charge in [0.2, 0.25) is 0 Å². The van der Waals surface area contributed by atoms with Crippen molar-refractivity contribution in [3.63, 3.8) is 0 Å². The summed E-state index contributed by atoms with van der Waals surface area (Å²) in [5, 5.41) is 3.86. The quantitative estimate of drug-likeness (QED) is 0.116. The SMILES string of the molecule is Cc1c(C(=O)NCCCN2CCN(C)CC2)c(-c2cccc(N3CCN(c4ccc(NS(=O)(=O)c5cccc(OC(F)(F)F)c5)cc4)CC3)c2)c(-c2ccc(Cl)cc2)n1C. The maximum absolute atomic E-state index is 14.1. The lowest BCUT2D eigenvalue weighted by molar-refractivity contribution is -0.274. The van der Waals surface area contributed by atoms with E-state index in [9.17, 15) is 26.4 Å². The molecule has 1 amide bonds. The van der Waals surface area contributed by atoms with Gasteiger partial charge in [-0.05, 0) is 98.7 Å². The number of carbonyl (C=O) groups is 1. The van der Waals surface area contributed by atoms with E-state index in [0.29, 0.717) is 43.3 Å². The molecule has 318 valence electrons. The Morgan fingerprint density at radius 3 is 2.10 bits per heavy atom. The predicted octanol–water partition coefficient (Wildman–Crippen LogP) is 7.71. The number of carbonyl (C=O) groups excluding carboxylic acids is 1. The molecule has 0 unspecified atom stereocenters. The van der Waals surface area contributed by atoms with Gasteiger partial charge in [0.25, 0.3) is 15.9 Å². The van der Waals surface area contributed by atoms with Crippen molar-refractivity contribution in [2.24, 2.45) is 7.05 Å². The number of nitrogens with zero attached hydrogens (tertiary/aromatic N) is 5. The number of halogens is 4. The van der Waals surface area contributed by atoms with Gasteiger partial charge in [-0.1, -0.05) is 41.9 Å². The van der Waals surface area contributed by atoms with Crippen molar-refractivity contribution in [3.8, 4) is 28.1 Å². The third-order valence-corrected chi connectivity index (χ3v) is 12.8. The summed E-state index contributed by atoms with van der Waals surface area (Å²) < 4.78 is 72.5. The molecule has 4 aromatic carbocycles. The number of benzene rings is 4. The van der Waals surface area contributed by atoms with Gasteiger partial charge in [-0.15, -0.1) is 13.2 Å². The zero-order chi connectivity index (χ0) is 42.6. The van der Waals surface area contributed by atoms with Crippen LogP contribution in [0.2, 0.25) is 5.02 Å². The number of rotatable bonds is 13. The normalized spacial score (nSPS) is 15.6. The minimum Gasteiger partial charge on any atom is -0.406 e. The van der Waals surface area contributed by atoms with E-state index >= 15 is 0 Å². The summed E-state index contributed by atoms with van der Waals surface area (Å²) in [4.78, 5) is 23.1. The van der Waals surface area contributed by atoms with E-state index in [1.54, 1.807) is 12.1 Å². The van der Waals surface area contributed by atoms with Crippen LogP contribution in [-0.2, 0) is 17.1 Å². The van der Waals surface area contributed by atoms with E-state index in [1.165, 1.54) is 12.1 Å². The molecule has 0 aliphatic carbocycles. The van der Waals surface area contributed by atoms with Crippen molar-refractivity contribution < 1.29 is 31.1 Å². The molecule has 60 heavy (non-hydrogen) atoms. The highest BCUT2D eigenvalue weighted by atomic mass is 35.5. The lowest BCUT2D eigenvalue weighted by Gasteiger charge is -2.37. The van der Waals surface area contributed by atoms with Crippen LogP contribution in [0.3, 0.4) is 0 Å². The van der Waals surface area contributed by atoms with Crippen molar-refractivity contribution in [2.45, 2.75) is 24.6 Å². The van der Waals surface area contributed by atoms with Gasteiger partial charge in [0.15, 0.2) is 0 Å². The lowest BCUT2D eigenvalue weighted by atomic mass is 9.95. The summed E-state index contributed by atoms with van der Waals surface area (Å²) in [5.41, 5.74) is 7.41. The van der Waals surface area contributed by atoms with Gasteiger partial charge in [-0.3, -0.25) is 9.52 Å². The van der Waals surface area contributed by atoms with E-state index in [2.05, 4.69) is 64.2 Å². The highest BCUT2D eigenvalue weighted by molar-refractivity contribution is 7.92. The minimum atomic E-state index is -4.95. The Hall–Kier alpha value is -5.22. The number of aromatic nitrogens is 1. The summed E-state index contributed by atoms with van der Waals surface area (Å²) in [5.74, 6) is -0.723. The molecule has 2 fully saturated rings. The van der Waals surface area contributed by atoms with Gasteiger partial charge in [0.1, 0.15) is 5.75 Å². The van der Waals surface area contributed by atoms with Gasteiger partial charge < -0.3 is 34.2 Å². The number of sulfonamides is 1. The van der Waals surface area contributed by atoms with Crippen LogP contribution in [0.4, 0.5) is 30.2 Å². The average molecular weight is 864 g/mol. The molecule has 0 radical (unpaired) electrons. The molecule has 0 atom stereocenters. The molecule has 0 bridgehead atoms. The topological polar surface area (TPSA) is 102 Å². The molecule has 11 nitrogen and oxygen atoms in total. The number of anilines is 3. The zero-order valence-corrected chi connectivity index (χ0v) is 35.4. The Bertz CT molecular complexity index is 2390. The number of nitrogens with one attached hydrogen (secondary N) is 2. The number of amides is 1. The van der Waals surface area contributed by atoms with Crippen molar-refractivity contribution in [1.82, 2.24) is 19.7 Å². The second-order valence-electron chi connectivity index (χ2n) is 15.2. The molecule has 2 saturated heterocycles. The highest BCUT2D eigenvalue weighted by Crippen LogP contribution is 2.40. The van der Waals surface area contributed by atoms with Crippen LogP contribution in [0.25, 0.3) is 22.4 Å². The first-order valence-corrected chi connectivity index (χ1v) is 21.7. The van der Waals surface area contributed by atoms with E-state index in [-0.39, 0.29) is 16.5 Å². The fourth-order valence-corrected chi connectivity index (χ4v) is 9.06. The summed E-state index contributed by atoms with van der Waals surface area (Å²) in [6.07, 6.45) is -4.08. The molecule has 0 spiro atoms. The Balaban J connectivity index is 1.04. The van der Waals surface area contributed by atoms with Crippen molar-refractivity contribution in [2.75, 3.05) is 87.0 Å². The molecule has 16 heteroatoms. The first-order chi connectivity index (χ1) is 28.6. The van der Waals surface area contributed by atoms with Crippen molar-refractivity contribution in [1.29, 1.82) is 0 Å². The summed E-state index contributed by atoms with van der Waals surface area (Å²) in [6.45, 7) is 10.5. The molecule has 0 saturated carbocycles. The summed E-state index contributed by atoms with van der Waals surface area (Å²) >= 11 is 6.30. The second kappa shape index (κ2) is 18.2. The Morgan fingerprint density at radius 1 is 0.783 bits per heavy atom. The number of ether oxygens (including phenoxy) is 1. The summed E-state index contributed by atoms with van der Waals surface area (Å²) in [7, 11) is -0.0407. The minimum absolute atomic E-state index is 0.0979. The number of piperazine rings is 2. The van der Waals surface area contributed by atoms with Crippen LogP contribution in [-0.4, -0.2) is 108 Å². The van der Waals surface area contributed by atoms with Gasteiger partial charge in [0, 0.05) is 105 Å².